The summed E-state index contributed by atoms with van der Waals surface area (Å²) in [7, 11) is 0. The molecule has 0 atom stereocenters. The normalized spacial score (nSPS) is 0. The fourth-order valence-electron chi connectivity index (χ4n) is 0. The first kappa shape index (κ1) is 638. The number of rotatable bonds is 0. The van der Waals surface area contributed by atoms with Crippen molar-refractivity contribution in [2.45, 2.75) is 0 Å². The summed E-state index contributed by atoms with van der Waals surface area (Å²) in [6.07, 6.45) is 0. The Hall–Kier alpha value is 2.19. The molecule has 0 fully saturated rings. The first-order valence-corrected chi connectivity index (χ1v) is 0. The van der Waals surface area contributed by atoms with E-state index in [-0.39, 0.29) is 131 Å². The summed E-state index contributed by atoms with van der Waals surface area (Å²) in [5.74, 6) is 0. The summed E-state index contributed by atoms with van der Waals surface area (Å²) >= 11 is 0. The first-order chi connectivity index (χ1) is 0. The van der Waals surface area contributed by atoms with Gasteiger partial charge in [-0.3, -0.25) is 0 Å². The molecule has 102 valence electrons. The van der Waals surface area contributed by atoms with E-state index in [0.717, 1.165) is 0 Å². The van der Waals surface area contributed by atoms with E-state index in [4.69, 9.17) is 0 Å². The van der Waals surface area contributed by atoms with E-state index in [9.17, 15) is 0 Å². The van der Waals surface area contributed by atoms with Crippen LogP contribution in [-0.4, -0.2) is 32.9 Å². The molecular weight excluding hydrogens is 504 g/mol. The van der Waals surface area contributed by atoms with Crippen molar-refractivity contribution >= 4 is 0 Å². The van der Waals surface area contributed by atoms with Gasteiger partial charge in [0.2, 0.25) is 0 Å². The monoisotopic (exact) mass is 515 g/mol. The largest absolute Gasteiger partial charge is 4.00 e. The molecule has 0 aliphatic rings. The van der Waals surface area contributed by atoms with E-state index in [1.54, 1.807) is 0 Å². The van der Waals surface area contributed by atoms with Crippen LogP contribution in [0.15, 0.2) is 0 Å². The second-order valence-electron chi connectivity index (χ2n) is 0. The SMILES string of the molecule is O.O.O.O.O.O.[Cl-].[Cl-].[Cl-].[Cl-].[Cl-].[Cl-].[H+].[H+].[Pt+4]. The Morgan fingerprint density at radius 3 is 0.308 bits per heavy atom. The third kappa shape index (κ3) is 440. The average molecular weight is 518 g/mol. The minimum absolute atomic E-state index is 0. The van der Waals surface area contributed by atoms with Crippen LogP contribution >= 0.6 is 0 Å². The molecule has 0 saturated carbocycles. The van der Waals surface area contributed by atoms with E-state index in [1.165, 1.54) is 0 Å². The predicted octanol–water partition coefficient (Wildman–Crippen LogP) is -22.7. The van der Waals surface area contributed by atoms with Crippen LogP contribution < -0.4 is 74.4 Å². The molecule has 0 rings (SSSR count). The van der Waals surface area contributed by atoms with Crippen molar-refractivity contribution < 1.29 is 131 Å². The van der Waals surface area contributed by atoms with Gasteiger partial charge in [-0.25, -0.2) is 0 Å². The van der Waals surface area contributed by atoms with Gasteiger partial charge in [0.25, 0.3) is 0 Å². The van der Waals surface area contributed by atoms with Crippen LogP contribution in [0.5, 0.6) is 0 Å². The molecule has 0 saturated heterocycles. The van der Waals surface area contributed by atoms with Gasteiger partial charge in [-0.15, -0.1) is 0 Å². The van der Waals surface area contributed by atoms with Crippen molar-refractivity contribution in [1.29, 1.82) is 0 Å². The Kier molecular flexibility index (Phi) is 25300. The Morgan fingerprint density at radius 1 is 0.308 bits per heavy atom. The standard InChI is InChI=1S/6ClH.6H2O.Pt/h6*1H;6*1H2;/q;;;;;;;;;;;;+4/p-4. The number of hydrogen-bond acceptors (Lipinski definition) is 0. The first-order valence-electron chi connectivity index (χ1n) is 0. The molecule has 6 nitrogen and oxygen atoms in total. The van der Waals surface area contributed by atoms with Gasteiger partial charge in [-0.05, 0) is 0 Å². The maximum absolute atomic E-state index is 0. The fraction of sp³-hybridized carbons (Fsp3) is 0. The molecule has 0 bridgehead atoms. The molecular formula is H14Cl6O6Pt. The van der Waals surface area contributed by atoms with Gasteiger partial charge in [0, 0.05) is 0 Å². The molecule has 13 heteroatoms. The summed E-state index contributed by atoms with van der Waals surface area (Å²) in [4.78, 5) is 0. The Bertz CT molecular complexity index is 25.6. The van der Waals surface area contributed by atoms with Crippen molar-refractivity contribution in [1.82, 2.24) is 0 Å². The third-order valence-electron chi connectivity index (χ3n) is 0. The van der Waals surface area contributed by atoms with Crippen molar-refractivity contribution in [3.63, 3.8) is 0 Å². The molecule has 0 amide bonds. The van der Waals surface area contributed by atoms with Crippen LogP contribution in [0.1, 0.15) is 2.85 Å². The molecule has 0 spiro atoms. The molecule has 0 aliphatic heterocycles. The van der Waals surface area contributed by atoms with Crippen molar-refractivity contribution in [3.8, 4) is 0 Å². The maximum Gasteiger partial charge on any atom is 4.00 e. The fourth-order valence-corrected chi connectivity index (χ4v) is 0. The second kappa shape index (κ2) is 515. The molecule has 0 aromatic rings. The summed E-state index contributed by atoms with van der Waals surface area (Å²) in [5.41, 5.74) is 0. The van der Waals surface area contributed by atoms with Crippen LogP contribution in [0.2, 0.25) is 0 Å². The third-order valence-corrected chi connectivity index (χ3v) is 0. The maximum atomic E-state index is 0. The van der Waals surface area contributed by atoms with E-state index in [1.807, 2.05) is 0 Å². The predicted molar refractivity (Wildman–Crippen MR) is 23.9 cm³/mol. The number of halogens is 6. The van der Waals surface area contributed by atoms with Gasteiger partial charge < -0.3 is 107 Å². The van der Waals surface area contributed by atoms with E-state index in [0.29, 0.717) is 0 Å². The second-order valence-corrected chi connectivity index (χ2v) is 0. The van der Waals surface area contributed by atoms with Gasteiger partial charge in [0.1, 0.15) is 0 Å². The Balaban J connectivity index is 0. The van der Waals surface area contributed by atoms with Gasteiger partial charge >= 0.3 is 23.9 Å². The van der Waals surface area contributed by atoms with Crippen LogP contribution in [0, 0.1) is 0 Å². The van der Waals surface area contributed by atoms with Crippen LogP contribution in [0.3, 0.4) is 0 Å². The van der Waals surface area contributed by atoms with E-state index < -0.39 is 0 Å². The summed E-state index contributed by atoms with van der Waals surface area (Å²) < 4.78 is 0. The Labute approximate surface area is 131 Å². The Morgan fingerprint density at radius 2 is 0.308 bits per heavy atom. The summed E-state index contributed by atoms with van der Waals surface area (Å²) in [6.45, 7) is 0. The van der Waals surface area contributed by atoms with E-state index >= 15 is 0 Å². The molecule has 0 radical (unpaired) electrons. The molecule has 0 heterocycles. The van der Waals surface area contributed by atoms with Crippen molar-refractivity contribution in [2.75, 3.05) is 0 Å². The van der Waals surface area contributed by atoms with Crippen LogP contribution in [0.25, 0.3) is 0 Å². The van der Waals surface area contributed by atoms with Crippen molar-refractivity contribution in [2.24, 2.45) is 0 Å². The quantitative estimate of drug-likeness (QED) is 0.295. The van der Waals surface area contributed by atoms with Gasteiger partial charge in [0.15, 0.2) is 0 Å². The zero-order valence-corrected chi connectivity index (χ0v) is 12.4. The molecule has 13 heavy (non-hydrogen) atoms. The number of hydrogen-bond donors (Lipinski definition) is 0. The van der Waals surface area contributed by atoms with Crippen LogP contribution in [0.4, 0.5) is 0 Å². The zero-order valence-electron chi connectivity index (χ0n) is 7.58. The molecule has 0 aromatic carbocycles. The van der Waals surface area contributed by atoms with E-state index in [2.05, 4.69) is 0 Å². The minimum Gasteiger partial charge on any atom is -1.00 e. The minimum atomic E-state index is 0. The molecule has 0 aromatic heterocycles. The summed E-state index contributed by atoms with van der Waals surface area (Å²) in [6, 6.07) is 0. The molecule has 0 aliphatic carbocycles. The zero-order chi connectivity index (χ0) is 0. The topological polar surface area (TPSA) is 189 Å². The molecule has 12 N–H and O–H groups in total. The van der Waals surface area contributed by atoms with Gasteiger partial charge in [-0.1, -0.05) is 0 Å². The molecule has 0 unspecified atom stereocenters. The average Bonchev–Trinajstić information content (AvgIpc) is 0. The van der Waals surface area contributed by atoms with Crippen LogP contribution in [-0.2, 0) is 21.1 Å². The summed E-state index contributed by atoms with van der Waals surface area (Å²) in [5, 5.41) is 0. The van der Waals surface area contributed by atoms with Crippen molar-refractivity contribution in [3.05, 3.63) is 0 Å². The smallest absolute Gasteiger partial charge is 1.00 e. The van der Waals surface area contributed by atoms with Gasteiger partial charge in [0.05, 0.1) is 0 Å². The van der Waals surface area contributed by atoms with Gasteiger partial charge in [-0.2, -0.15) is 0 Å².